The molecule has 0 aliphatic carbocycles. The molecular weight excluding hydrogens is 365 g/mol. The third-order valence-electron chi connectivity index (χ3n) is 2.60. The smallest absolute Gasteiger partial charge is 0.197 e. The van der Waals surface area contributed by atoms with Crippen LogP contribution in [0.5, 0.6) is 5.75 Å². The van der Waals surface area contributed by atoms with E-state index in [1.54, 1.807) is 0 Å². The van der Waals surface area contributed by atoms with Crippen molar-refractivity contribution in [3.05, 3.63) is 62.7 Å². The first-order valence-corrected chi connectivity index (χ1v) is 6.44. The number of ketones is 1. The molecule has 0 unspecified atom stereocenters. The van der Waals surface area contributed by atoms with Gasteiger partial charge < -0.3 is 4.74 Å². The Kier molecular flexibility index (Phi) is 4.14. The standard InChI is InChI=1S/C14H9F2IO2/c1-19-9-3-5-10(12(16)7-9)14(18)11-4-2-8(15)6-13(11)17/h2-7H,1H3. The van der Waals surface area contributed by atoms with Crippen molar-refractivity contribution in [2.24, 2.45) is 0 Å². The zero-order valence-corrected chi connectivity index (χ0v) is 12.1. The van der Waals surface area contributed by atoms with Gasteiger partial charge in [-0.1, -0.05) is 0 Å². The molecule has 0 aromatic heterocycles. The monoisotopic (exact) mass is 374 g/mol. The number of hydrogen-bond acceptors (Lipinski definition) is 2. The molecule has 0 atom stereocenters. The third-order valence-corrected chi connectivity index (χ3v) is 3.49. The Morgan fingerprint density at radius 2 is 1.79 bits per heavy atom. The number of rotatable bonds is 3. The van der Waals surface area contributed by atoms with Crippen LogP contribution in [0, 0.1) is 15.2 Å². The van der Waals surface area contributed by atoms with Crippen LogP contribution in [-0.4, -0.2) is 12.9 Å². The number of hydrogen-bond donors (Lipinski definition) is 0. The van der Waals surface area contributed by atoms with E-state index in [0.29, 0.717) is 9.32 Å². The molecule has 2 aromatic carbocycles. The van der Waals surface area contributed by atoms with Crippen molar-refractivity contribution in [3.63, 3.8) is 0 Å². The summed E-state index contributed by atoms with van der Waals surface area (Å²) in [5, 5.41) is 0. The SMILES string of the molecule is COc1ccc(C(=O)c2ccc(F)cc2I)c(F)c1. The second kappa shape index (κ2) is 5.64. The number of halogens is 3. The summed E-state index contributed by atoms with van der Waals surface area (Å²) in [5.74, 6) is -1.24. The molecule has 0 saturated heterocycles. The fraction of sp³-hybridized carbons (Fsp3) is 0.0714. The zero-order chi connectivity index (χ0) is 14.0. The van der Waals surface area contributed by atoms with Crippen molar-refractivity contribution >= 4 is 28.4 Å². The highest BCUT2D eigenvalue weighted by Crippen LogP contribution is 2.22. The van der Waals surface area contributed by atoms with E-state index in [-0.39, 0.29) is 11.1 Å². The normalized spacial score (nSPS) is 10.3. The molecule has 5 heteroatoms. The maximum Gasteiger partial charge on any atom is 0.197 e. The van der Waals surface area contributed by atoms with E-state index in [4.69, 9.17) is 4.74 Å². The van der Waals surface area contributed by atoms with Gasteiger partial charge in [-0.2, -0.15) is 0 Å². The predicted octanol–water partition coefficient (Wildman–Crippen LogP) is 3.81. The predicted molar refractivity (Wildman–Crippen MR) is 75.5 cm³/mol. The van der Waals surface area contributed by atoms with E-state index in [9.17, 15) is 13.6 Å². The van der Waals surface area contributed by atoms with E-state index in [1.807, 2.05) is 22.6 Å². The van der Waals surface area contributed by atoms with Crippen LogP contribution in [0.2, 0.25) is 0 Å². The van der Waals surface area contributed by atoms with Crippen LogP contribution in [0.3, 0.4) is 0 Å². The van der Waals surface area contributed by atoms with Gasteiger partial charge in [0, 0.05) is 15.2 Å². The summed E-state index contributed by atoms with van der Waals surface area (Å²) in [6.07, 6.45) is 0. The molecule has 0 fully saturated rings. The average molecular weight is 374 g/mol. The third kappa shape index (κ3) is 2.91. The topological polar surface area (TPSA) is 26.3 Å². The largest absolute Gasteiger partial charge is 0.497 e. The fourth-order valence-corrected chi connectivity index (χ4v) is 2.35. The van der Waals surface area contributed by atoms with Crippen LogP contribution in [-0.2, 0) is 0 Å². The number of carbonyl (C=O) groups is 1. The Labute approximate surface area is 122 Å². The van der Waals surface area contributed by atoms with E-state index in [2.05, 4.69) is 0 Å². The Hall–Kier alpha value is -1.50. The molecule has 0 saturated carbocycles. The molecule has 0 bridgehead atoms. The van der Waals surface area contributed by atoms with Gasteiger partial charge in [0.05, 0.1) is 12.7 Å². The van der Waals surface area contributed by atoms with Crippen LogP contribution in [0.25, 0.3) is 0 Å². The lowest BCUT2D eigenvalue weighted by molar-refractivity contribution is 0.103. The molecule has 0 aliphatic rings. The fourth-order valence-electron chi connectivity index (χ4n) is 1.63. The molecule has 0 aliphatic heterocycles. The molecule has 0 heterocycles. The highest BCUT2D eigenvalue weighted by atomic mass is 127. The van der Waals surface area contributed by atoms with Gasteiger partial charge in [0.1, 0.15) is 17.4 Å². The lowest BCUT2D eigenvalue weighted by Gasteiger charge is -2.06. The number of carbonyl (C=O) groups excluding carboxylic acids is 1. The first kappa shape index (κ1) is 13.9. The summed E-state index contributed by atoms with van der Waals surface area (Å²) < 4.78 is 32.1. The number of benzene rings is 2. The summed E-state index contributed by atoms with van der Waals surface area (Å²) in [4.78, 5) is 12.2. The maximum atomic E-state index is 13.8. The highest BCUT2D eigenvalue weighted by Gasteiger charge is 2.17. The zero-order valence-electron chi connectivity index (χ0n) is 9.91. The van der Waals surface area contributed by atoms with Crippen LogP contribution in [0.1, 0.15) is 15.9 Å². The lowest BCUT2D eigenvalue weighted by Crippen LogP contribution is -2.06. The molecule has 2 rings (SSSR count). The van der Waals surface area contributed by atoms with Crippen LogP contribution < -0.4 is 4.74 Å². The van der Waals surface area contributed by atoms with Crippen molar-refractivity contribution in [2.75, 3.05) is 7.11 Å². The Morgan fingerprint density at radius 3 is 2.37 bits per heavy atom. The molecule has 2 nitrogen and oxygen atoms in total. The van der Waals surface area contributed by atoms with Crippen LogP contribution >= 0.6 is 22.6 Å². The molecule has 0 radical (unpaired) electrons. The summed E-state index contributed by atoms with van der Waals surface area (Å²) in [5.41, 5.74) is 0.205. The van der Waals surface area contributed by atoms with Gasteiger partial charge >= 0.3 is 0 Å². The molecule has 19 heavy (non-hydrogen) atoms. The average Bonchev–Trinajstić information content (AvgIpc) is 2.37. The molecule has 0 amide bonds. The number of methoxy groups -OCH3 is 1. The minimum atomic E-state index is -0.663. The van der Waals surface area contributed by atoms with Gasteiger partial charge in [-0.3, -0.25) is 4.79 Å². The summed E-state index contributed by atoms with van der Waals surface area (Å²) in [7, 11) is 1.42. The molecule has 0 spiro atoms. The summed E-state index contributed by atoms with van der Waals surface area (Å²) in [6, 6.07) is 7.77. The highest BCUT2D eigenvalue weighted by molar-refractivity contribution is 14.1. The van der Waals surface area contributed by atoms with Gasteiger partial charge in [0.15, 0.2) is 5.78 Å². The van der Waals surface area contributed by atoms with Crippen molar-refractivity contribution in [1.29, 1.82) is 0 Å². The molecule has 98 valence electrons. The minimum Gasteiger partial charge on any atom is -0.497 e. The molecule has 2 aromatic rings. The lowest BCUT2D eigenvalue weighted by atomic mass is 10.0. The Bertz CT molecular complexity index is 641. The quantitative estimate of drug-likeness (QED) is 0.604. The van der Waals surface area contributed by atoms with E-state index in [0.717, 1.165) is 6.07 Å². The molecular formula is C14H9F2IO2. The summed E-state index contributed by atoms with van der Waals surface area (Å²) >= 11 is 1.85. The van der Waals surface area contributed by atoms with Gasteiger partial charge in [0.2, 0.25) is 0 Å². The molecule has 0 N–H and O–H groups in total. The first-order valence-electron chi connectivity index (χ1n) is 5.36. The van der Waals surface area contributed by atoms with Gasteiger partial charge in [0.25, 0.3) is 0 Å². The van der Waals surface area contributed by atoms with Crippen molar-refractivity contribution in [1.82, 2.24) is 0 Å². The Balaban J connectivity index is 2.44. The number of ether oxygens (including phenoxy) is 1. The van der Waals surface area contributed by atoms with Crippen molar-refractivity contribution in [2.45, 2.75) is 0 Å². The second-order valence-corrected chi connectivity index (χ2v) is 4.96. The minimum absolute atomic E-state index is 0.0645. The van der Waals surface area contributed by atoms with Crippen molar-refractivity contribution in [3.8, 4) is 5.75 Å². The van der Waals surface area contributed by atoms with Gasteiger partial charge in [-0.25, -0.2) is 8.78 Å². The Morgan fingerprint density at radius 1 is 1.11 bits per heavy atom. The van der Waals surface area contributed by atoms with E-state index in [1.165, 1.54) is 37.4 Å². The maximum absolute atomic E-state index is 13.8. The van der Waals surface area contributed by atoms with Crippen LogP contribution in [0.15, 0.2) is 36.4 Å². The van der Waals surface area contributed by atoms with Crippen molar-refractivity contribution < 1.29 is 18.3 Å². The first-order chi connectivity index (χ1) is 9.02. The van der Waals surface area contributed by atoms with Gasteiger partial charge in [-0.05, 0) is 52.9 Å². The van der Waals surface area contributed by atoms with E-state index >= 15 is 0 Å². The van der Waals surface area contributed by atoms with Gasteiger partial charge in [-0.15, -0.1) is 0 Å². The second-order valence-electron chi connectivity index (χ2n) is 3.80. The van der Waals surface area contributed by atoms with E-state index < -0.39 is 17.4 Å². The van der Waals surface area contributed by atoms with Crippen LogP contribution in [0.4, 0.5) is 8.78 Å². The summed E-state index contributed by atoms with van der Waals surface area (Å²) in [6.45, 7) is 0.